The van der Waals surface area contributed by atoms with Crippen molar-refractivity contribution in [3.05, 3.63) is 11.7 Å². The number of carbonyl (C=O) groups is 1. The van der Waals surface area contributed by atoms with Gasteiger partial charge in [-0.25, -0.2) is 0 Å². The van der Waals surface area contributed by atoms with Crippen LogP contribution in [0, 0.1) is 18.8 Å². The Morgan fingerprint density at radius 1 is 1.50 bits per heavy atom. The number of nitrogens with zero attached hydrogens (tertiary/aromatic N) is 3. The molecule has 3 rings (SSSR count). The monoisotopic (exact) mass is 250 g/mol. The molecular weight excluding hydrogens is 232 g/mol. The SMILES string of the molecule is Cc1nc(C(=O)N2CC3CNCC3C2(C)C)no1. The Morgan fingerprint density at radius 2 is 2.28 bits per heavy atom. The van der Waals surface area contributed by atoms with Crippen molar-refractivity contribution in [3.63, 3.8) is 0 Å². The summed E-state index contributed by atoms with van der Waals surface area (Å²) in [5.74, 6) is 1.53. The van der Waals surface area contributed by atoms with E-state index in [1.165, 1.54) is 0 Å². The highest BCUT2D eigenvalue weighted by Crippen LogP contribution is 2.40. The van der Waals surface area contributed by atoms with Crippen LogP contribution in [-0.2, 0) is 0 Å². The summed E-state index contributed by atoms with van der Waals surface area (Å²) >= 11 is 0. The minimum atomic E-state index is -0.153. The first kappa shape index (κ1) is 11.6. The molecule has 3 heterocycles. The number of hydrogen-bond acceptors (Lipinski definition) is 5. The zero-order chi connectivity index (χ0) is 12.9. The van der Waals surface area contributed by atoms with Crippen molar-refractivity contribution in [1.29, 1.82) is 0 Å². The smallest absolute Gasteiger partial charge is 0.295 e. The van der Waals surface area contributed by atoms with Crippen molar-refractivity contribution in [2.75, 3.05) is 19.6 Å². The molecule has 1 aromatic rings. The van der Waals surface area contributed by atoms with Gasteiger partial charge < -0.3 is 14.7 Å². The van der Waals surface area contributed by atoms with Gasteiger partial charge in [0.2, 0.25) is 5.89 Å². The number of likely N-dealkylation sites (tertiary alicyclic amines) is 1. The molecule has 2 saturated heterocycles. The van der Waals surface area contributed by atoms with Gasteiger partial charge in [0.05, 0.1) is 0 Å². The van der Waals surface area contributed by atoms with E-state index in [9.17, 15) is 4.79 Å². The molecule has 0 bridgehead atoms. The summed E-state index contributed by atoms with van der Waals surface area (Å²) in [7, 11) is 0. The first-order valence-corrected chi connectivity index (χ1v) is 6.33. The lowest BCUT2D eigenvalue weighted by molar-refractivity contribution is 0.0587. The minimum absolute atomic E-state index is 0.119. The molecule has 1 aromatic heterocycles. The highest BCUT2D eigenvalue weighted by molar-refractivity contribution is 5.91. The van der Waals surface area contributed by atoms with Gasteiger partial charge >= 0.3 is 0 Å². The van der Waals surface area contributed by atoms with E-state index in [-0.39, 0.29) is 17.3 Å². The summed E-state index contributed by atoms with van der Waals surface area (Å²) in [5, 5.41) is 7.12. The van der Waals surface area contributed by atoms with Crippen LogP contribution in [-0.4, -0.2) is 46.1 Å². The van der Waals surface area contributed by atoms with Gasteiger partial charge in [-0.15, -0.1) is 0 Å². The van der Waals surface area contributed by atoms with Crippen LogP contribution in [0.1, 0.15) is 30.4 Å². The molecule has 98 valence electrons. The van der Waals surface area contributed by atoms with Crippen LogP contribution in [0.5, 0.6) is 0 Å². The van der Waals surface area contributed by atoms with Crippen molar-refractivity contribution in [2.45, 2.75) is 26.3 Å². The summed E-state index contributed by atoms with van der Waals surface area (Å²) in [6.45, 7) is 8.68. The number of nitrogens with one attached hydrogen (secondary N) is 1. The number of hydrogen-bond donors (Lipinski definition) is 1. The molecule has 0 radical (unpaired) electrons. The highest BCUT2D eigenvalue weighted by Gasteiger charge is 2.51. The molecule has 2 unspecified atom stereocenters. The number of aromatic nitrogens is 2. The standard InChI is InChI=1S/C12H18N4O2/c1-7-14-10(15-18-7)11(17)16-6-8-4-13-5-9(8)12(16,2)3/h8-9,13H,4-6H2,1-3H3. The fourth-order valence-corrected chi connectivity index (χ4v) is 3.27. The van der Waals surface area contributed by atoms with E-state index in [4.69, 9.17) is 4.52 Å². The lowest BCUT2D eigenvalue weighted by Crippen LogP contribution is -2.47. The molecule has 2 fully saturated rings. The summed E-state index contributed by atoms with van der Waals surface area (Å²) in [5.41, 5.74) is -0.153. The fraction of sp³-hybridized carbons (Fsp3) is 0.750. The number of aryl methyl sites for hydroxylation is 1. The summed E-state index contributed by atoms with van der Waals surface area (Å²) in [4.78, 5) is 18.4. The highest BCUT2D eigenvalue weighted by atomic mass is 16.5. The third-order valence-corrected chi connectivity index (χ3v) is 4.32. The zero-order valence-corrected chi connectivity index (χ0v) is 10.9. The lowest BCUT2D eigenvalue weighted by atomic mass is 9.85. The average Bonchev–Trinajstić information content (AvgIpc) is 2.96. The Hall–Kier alpha value is -1.43. The maximum Gasteiger partial charge on any atom is 0.295 e. The Bertz CT molecular complexity index is 482. The molecule has 0 aromatic carbocycles. The van der Waals surface area contributed by atoms with Gasteiger partial charge in [-0.05, 0) is 25.7 Å². The van der Waals surface area contributed by atoms with E-state index in [1.807, 2.05) is 4.90 Å². The predicted molar refractivity (Wildman–Crippen MR) is 64.0 cm³/mol. The number of carbonyl (C=O) groups excluding carboxylic acids is 1. The molecule has 6 heteroatoms. The van der Waals surface area contributed by atoms with Crippen molar-refractivity contribution >= 4 is 5.91 Å². The van der Waals surface area contributed by atoms with E-state index in [1.54, 1.807) is 6.92 Å². The van der Waals surface area contributed by atoms with Crippen LogP contribution >= 0.6 is 0 Å². The molecule has 0 spiro atoms. The molecule has 0 aliphatic carbocycles. The second-order valence-electron chi connectivity index (χ2n) is 5.73. The number of rotatable bonds is 1. The van der Waals surface area contributed by atoms with Gasteiger partial charge in [0, 0.05) is 32.1 Å². The molecule has 2 aliphatic heterocycles. The molecule has 18 heavy (non-hydrogen) atoms. The normalized spacial score (nSPS) is 29.6. The van der Waals surface area contributed by atoms with E-state index in [0.29, 0.717) is 17.7 Å². The number of fused-ring (bicyclic) bond motifs is 1. The van der Waals surface area contributed by atoms with Gasteiger partial charge in [-0.3, -0.25) is 4.79 Å². The van der Waals surface area contributed by atoms with Gasteiger partial charge in [0.25, 0.3) is 11.7 Å². The third kappa shape index (κ3) is 1.55. The zero-order valence-electron chi connectivity index (χ0n) is 10.9. The second-order valence-corrected chi connectivity index (χ2v) is 5.73. The van der Waals surface area contributed by atoms with Gasteiger partial charge in [0.1, 0.15) is 0 Å². The Kier molecular flexibility index (Phi) is 2.45. The maximum atomic E-state index is 12.4. The third-order valence-electron chi connectivity index (χ3n) is 4.32. The second kappa shape index (κ2) is 3.78. The van der Waals surface area contributed by atoms with Gasteiger partial charge in [0.15, 0.2) is 0 Å². The van der Waals surface area contributed by atoms with Gasteiger partial charge in [-0.2, -0.15) is 4.98 Å². The molecule has 1 amide bonds. The average molecular weight is 250 g/mol. The molecule has 6 nitrogen and oxygen atoms in total. The van der Waals surface area contributed by atoms with Crippen molar-refractivity contribution < 1.29 is 9.32 Å². The summed E-state index contributed by atoms with van der Waals surface area (Å²) in [6.07, 6.45) is 0. The molecule has 2 aliphatic rings. The predicted octanol–water partition coefficient (Wildman–Crippen LogP) is 0.448. The molecular formula is C12H18N4O2. The summed E-state index contributed by atoms with van der Waals surface area (Å²) < 4.78 is 4.89. The van der Waals surface area contributed by atoms with E-state index in [2.05, 4.69) is 29.3 Å². The van der Waals surface area contributed by atoms with Crippen LogP contribution in [0.3, 0.4) is 0 Å². The molecule has 1 N–H and O–H groups in total. The van der Waals surface area contributed by atoms with Crippen LogP contribution < -0.4 is 5.32 Å². The van der Waals surface area contributed by atoms with Crippen molar-refractivity contribution in [1.82, 2.24) is 20.4 Å². The topological polar surface area (TPSA) is 71.3 Å². The van der Waals surface area contributed by atoms with E-state index < -0.39 is 0 Å². The Labute approximate surface area is 106 Å². The molecule has 2 atom stereocenters. The maximum absolute atomic E-state index is 12.4. The van der Waals surface area contributed by atoms with Gasteiger partial charge in [-0.1, -0.05) is 5.16 Å². The quantitative estimate of drug-likeness (QED) is 0.783. The van der Waals surface area contributed by atoms with Crippen molar-refractivity contribution in [2.24, 2.45) is 11.8 Å². The van der Waals surface area contributed by atoms with Crippen LogP contribution in [0.2, 0.25) is 0 Å². The fourth-order valence-electron chi connectivity index (χ4n) is 3.27. The van der Waals surface area contributed by atoms with Crippen LogP contribution in [0.15, 0.2) is 4.52 Å². The van der Waals surface area contributed by atoms with Crippen molar-refractivity contribution in [3.8, 4) is 0 Å². The van der Waals surface area contributed by atoms with Crippen LogP contribution in [0.25, 0.3) is 0 Å². The largest absolute Gasteiger partial charge is 0.339 e. The van der Waals surface area contributed by atoms with E-state index >= 15 is 0 Å². The Morgan fingerprint density at radius 3 is 2.89 bits per heavy atom. The minimum Gasteiger partial charge on any atom is -0.339 e. The van der Waals surface area contributed by atoms with E-state index in [0.717, 1.165) is 19.6 Å². The first-order chi connectivity index (χ1) is 8.50. The number of amides is 1. The molecule has 0 saturated carbocycles. The lowest BCUT2D eigenvalue weighted by Gasteiger charge is -2.34. The summed E-state index contributed by atoms with van der Waals surface area (Å²) in [6, 6.07) is 0. The Balaban J connectivity index is 1.87. The van der Waals surface area contributed by atoms with Crippen LogP contribution in [0.4, 0.5) is 0 Å². The first-order valence-electron chi connectivity index (χ1n) is 6.33.